The van der Waals surface area contributed by atoms with Crippen molar-refractivity contribution < 1.29 is 28.5 Å². The maximum Gasteiger partial charge on any atom is 0.230 e. The molecular formula is C33H30F2N6O4S. The van der Waals surface area contributed by atoms with Crippen LogP contribution < -0.4 is 9.80 Å². The quantitative estimate of drug-likeness (QED) is 0.333. The summed E-state index contributed by atoms with van der Waals surface area (Å²) in [6, 6.07) is 11.4. The average molecular weight is 645 g/mol. The number of rotatable bonds is 5. The molecule has 8 rings (SSSR count). The van der Waals surface area contributed by atoms with Gasteiger partial charge in [0.25, 0.3) is 0 Å². The molecule has 1 aliphatic carbocycles. The Morgan fingerprint density at radius 2 is 1.89 bits per heavy atom. The molecule has 0 radical (unpaired) electrons. The van der Waals surface area contributed by atoms with E-state index in [4.69, 9.17) is 9.72 Å². The molecular weight excluding hydrogens is 614 g/mol. The lowest BCUT2D eigenvalue weighted by Gasteiger charge is -2.61. The summed E-state index contributed by atoms with van der Waals surface area (Å²) in [4.78, 5) is 28.3. The highest BCUT2D eigenvalue weighted by molar-refractivity contribution is 7.16. The van der Waals surface area contributed by atoms with Crippen LogP contribution >= 0.6 is 11.3 Å². The van der Waals surface area contributed by atoms with Crippen LogP contribution in [0.25, 0.3) is 22.2 Å². The topological polar surface area (TPSA) is 126 Å². The van der Waals surface area contributed by atoms with Crippen LogP contribution in [0.15, 0.2) is 36.4 Å². The largest absolute Gasteiger partial charge is 0.390 e. The zero-order valence-electron chi connectivity index (χ0n) is 24.9. The normalized spacial score (nSPS) is 22.9. The molecule has 1 amide bonds. The molecule has 13 heteroatoms. The number of nitrogens with zero attached hydrogens (tertiary/aromatic N) is 6. The van der Waals surface area contributed by atoms with Gasteiger partial charge in [0, 0.05) is 60.8 Å². The van der Waals surface area contributed by atoms with Crippen molar-refractivity contribution in [3.63, 3.8) is 0 Å². The third-order valence-corrected chi connectivity index (χ3v) is 10.8. The van der Waals surface area contributed by atoms with Crippen LogP contribution in [0.5, 0.6) is 0 Å². The van der Waals surface area contributed by atoms with Crippen molar-refractivity contribution in [1.82, 2.24) is 14.9 Å². The number of aliphatic hydroxyl groups excluding tert-OH is 2. The number of likely N-dealkylation sites (tertiary alicyclic amines) is 1. The molecule has 3 aliphatic heterocycles. The van der Waals surface area contributed by atoms with Gasteiger partial charge in [-0.1, -0.05) is 11.3 Å². The molecule has 4 aromatic rings. The fraction of sp³-hybridized carbons (Fsp3) is 0.394. The van der Waals surface area contributed by atoms with Crippen LogP contribution in [-0.4, -0.2) is 83.5 Å². The maximum absolute atomic E-state index is 15.9. The molecule has 46 heavy (non-hydrogen) atoms. The van der Waals surface area contributed by atoms with Gasteiger partial charge in [0.15, 0.2) is 10.9 Å². The minimum absolute atomic E-state index is 0.0727. The third kappa shape index (κ3) is 4.54. The van der Waals surface area contributed by atoms with E-state index in [1.165, 1.54) is 29.5 Å². The predicted molar refractivity (Wildman–Crippen MR) is 167 cm³/mol. The minimum atomic E-state index is -0.817. The van der Waals surface area contributed by atoms with Gasteiger partial charge in [0.1, 0.15) is 28.0 Å². The van der Waals surface area contributed by atoms with Gasteiger partial charge < -0.3 is 29.6 Å². The van der Waals surface area contributed by atoms with E-state index in [1.54, 1.807) is 17.0 Å². The van der Waals surface area contributed by atoms with Gasteiger partial charge in [0.05, 0.1) is 42.7 Å². The van der Waals surface area contributed by atoms with Crippen molar-refractivity contribution in [2.24, 2.45) is 11.3 Å². The lowest BCUT2D eigenvalue weighted by Crippen LogP contribution is -2.73. The van der Waals surface area contributed by atoms with E-state index in [9.17, 15) is 24.7 Å². The minimum Gasteiger partial charge on any atom is -0.390 e. The molecule has 2 aromatic heterocycles. The van der Waals surface area contributed by atoms with E-state index < -0.39 is 23.9 Å². The molecule has 2 N–H and O–H groups in total. The molecule has 10 nitrogen and oxygen atoms in total. The highest BCUT2D eigenvalue weighted by Gasteiger charge is 2.54. The van der Waals surface area contributed by atoms with Crippen LogP contribution in [0.1, 0.15) is 28.7 Å². The standard InChI is InChI=1S/C33H30F2N6O4S/c1-39(32-38-27(26(10-36)46-32)17-2-4-18(34)5-3-17)30-20-6-7-24(42)29(20)37-28-21(30)8-19(9-23(28)35)40-13-33(14-40)15-41(16-33)31(44)22-11-45-12-25(22)43/h2-5,8-9,22,24-25,42-43H,6-7,11-16H2,1H3/t22?,24-,25-/m1/s1. The van der Waals surface area contributed by atoms with Crippen molar-refractivity contribution >= 4 is 44.7 Å². The maximum atomic E-state index is 15.9. The Morgan fingerprint density at radius 3 is 2.59 bits per heavy atom. The highest BCUT2D eigenvalue weighted by atomic mass is 32.1. The lowest BCUT2D eigenvalue weighted by atomic mass is 9.72. The van der Waals surface area contributed by atoms with Crippen molar-refractivity contribution in [1.29, 1.82) is 5.26 Å². The zero-order valence-corrected chi connectivity index (χ0v) is 25.7. The number of carbonyl (C=O) groups excluding carboxylic acids is 1. The summed E-state index contributed by atoms with van der Waals surface area (Å²) >= 11 is 1.19. The summed E-state index contributed by atoms with van der Waals surface area (Å²) in [6.07, 6.45) is -0.576. The number of thiazole rings is 1. The molecule has 5 heterocycles. The number of anilines is 3. The molecule has 3 fully saturated rings. The van der Waals surface area contributed by atoms with Gasteiger partial charge >= 0.3 is 0 Å². The second kappa shape index (κ2) is 10.7. The number of nitriles is 1. The number of hydrogen-bond acceptors (Lipinski definition) is 10. The number of aromatic nitrogens is 2. The SMILES string of the molecule is CN(c1nc(-c2ccc(F)cc2)c(C#N)s1)c1c2c(nc3c(F)cc(N4CC5(CN(C(=O)C6COC[C@H]6O)C5)C4)cc13)[C@H](O)CC2. The summed E-state index contributed by atoms with van der Waals surface area (Å²) in [7, 11) is 1.81. The van der Waals surface area contributed by atoms with Crippen LogP contribution in [0, 0.1) is 34.3 Å². The lowest BCUT2D eigenvalue weighted by molar-refractivity contribution is -0.152. The Hall–Kier alpha value is -4.22. The van der Waals surface area contributed by atoms with Crippen LogP contribution in [0.2, 0.25) is 0 Å². The highest BCUT2D eigenvalue weighted by Crippen LogP contribution is 2.48. The summed E-state index contributed by atoms with van der Waals surface area (Å²) in [6.45, 7) is 2.92. The Bertz CT molecular complexity index is 1930. The first kappa shape index (κ1) is 29.2. The molecule has 4 aliphatic rings. The van der Waals surface area contributed by atoms with Crippen LogP contribution in [0.3, 0.4) is 0 Å². The number of aliphatic hydroxyl groups is 2. The molecule has 2 aromatic carbocycles. The Kier molecular flexibility index (Phi) is 6.77. The first-order chi connectivity index (χ1) is 22.1. The molecule has 3 atom stereocenters. The van der Waals surface area contributed by atoms with Crippen molar-refractivity contribution in [3.05, 3.63) is 64.2 Å². The van der Waals surface area contributed by atoms with E-state index in [0.717, 1.165) is 5.56 Å². The summed E-state index contributed by atoms with van der Waals surface area (Å²) in [5.41, 5.74) is 3.74. The fourth-order valence-corrected chi connectivity index (χ4v) is 8.22. The van der Waals surface area contributed by atoms with Crippen molar-refractivity contribution in [2.45, 2.75) is 25.0 Å². The first-order valence-electron chi connectivity index (χ1n) is 15.2. The Morgan fingerprint density at radius 1 is 1.13 bits per heavy atom. The monoisotopic (exact) mass is 644 g/mol. The smallest absolute Gasteiger partial charge is 0.230 e. The molecule has 0 bridgehead atoms. The van der Waals surface area contributed by atoms with E-state index >= 15 is 4.39 Å². The second-order valence-electron chi connectivity index (χ2n) is 12.8. The van der Waals surface area contributed by atoms with Crippen molar-refractivity contribution in [3.8, 4) is 17.3 Å². The number of benzene rings is 2. The van der Waals surface area contributed by atoms with E-state index in [0.29, 0.717) is 82.7 Å². The number of amides is 1. The molecule has 1 spiro atoms. The molecule has 0 saturated carbocycles. The number of hydrogen-bond donors (Lipinski definition) is 2. The summed E-state index contributed by atoms with van der Waals surface area (Å²) in [5, 5.41) is 31.8. The third-order valence-electron chi connectivity index (χ3n) is 9.72. The summed E-state index contributed by atoms with van der Waals surface area (Å²) < 4.78 is 34.7. The second-order valence-corrected chi connectivity index (χ2v) is 13.8. The number of ether oxygens (including phenoxy) is 1. The Labute approximate surface area is 267 Å². The van der Waals surface area contributed by atoms with Gasteiger partial charge in [-0.3, -0.25) is 4.79 Å². The molecule has 3 saturated heterocycles. The van der Waals surface area contributed by atoms with Crippen molar-refractivity contribution in [2.75, 3.05) is 56.2 Å². The van der Waals surface area contributed by atoms with Gasteiger partial charge in [0.2, 0.25) is 5.91 Å². The van der Waals surface area contributed by atoms with Gasteiger partial charge in [-0.05, 0) is 49.2 Å². The number of fused-ring (bicyclic) bond motifs is 2. The number of pyridine rings is 1. The summed E-state index contributed by atoms with van der Waals surface area (Å²) in [5.74, 6) is -1.49. The van der Waals surface area contributed by atoms with Gasteiger partial charge in [-0.25, -0.2) is 18.7 Å². The van der Waals surface area contributed by atoms with E-state index in [-0.39, 0.29) is 35.9 Å². The first-order valence-corrected chi connectivity index (χ1v) is 16.0. The van der Waals surface area contributed by atoms with Crippen LogP contribution in [0.4, 0.5) is 25.3 Å². The predicted octanol–water partition coefficient (Wildman–Crippen LogP) is 3.91. The average Bonchev–Trinajstić information content (AvgIpc) is 3.73. The number of halogens is 2. The number of carbonyl (C=O) groups is 1. The van der Waals surface area contributed by atoms with E-state index in [1.807, 2.05) is 18.0 Å². The van der Waals surface area contributed by atoms with E-state index in [2.05, 4.69) is 16.0 Å². The zero-order chi connectivity index (χ0) is 31.9. The van der Waals surface area contributed by atoms with Gasteiger partial charge in [-0.15, -0.1) is 0 Å². The fourth-order valence-electron chi connectivity index (χ4n) is 7.36. The van der Waals surface area contributed by atoms with Gasteiger partial charge in [-0.2, -0.15) is 5.26 Å². The Balaban J connectivity index is 1.12. The van der Waals surface area contributed by atoms with Crippen LogP contribution in [-0.2, 0) is 16.0 Å². The molecule has 1 unspecified atom stereocenters. The molecule has 236 valence electrons.